The summed E-state index contributed by atoms with van der Waals surface area (Å²) in [6.07, 6.45) is 0.454. The third-order valence-electron chi connectivity index (χ3n) is 4.57. The van der Waals surface area contributed by atoms with E-state index in [0.29, 0.717) is 34.3 Å². The third kappa shape index (κ3) is 4.34. The van der Waals surface area contributed by atoms with Crippen LogP contribution in [0.3, 0.4) is 0 Å². The van der Waals surface area contributed by atoms with E-state index < -0.39 is 12.1 Å². The minimum atomic E-state index is -1.17. The molecule has 7 heteroatoms. The van der Waals surface area contributed by atoms with Crippen molar-refractivity contribution in [2.24, 2.45) is 0 Å². The summed E-state index contributed by atoms with van der Waals surface area (Å²) in [7, 11) is 0. The molecule has 4 aromatic rings. The van der Waals surface area contributed by atoms with Crippen molar-refractivity contribution >= 4 is 17.6 Å². The average molecular weight is 420 g/mol. The van der Waals surface area contributed by atoms with Crippen molar-refractivity contribution < 1.29 is 14.6 Å². The van der Waals surface area contributed by atoms with Crippen molar-refractivity contribution in [2.45, 2.75) is 12.6 Å². The second-order valence-electron chi connectivity index (χ2n) is 6.66. The molecule has 0 fully saturated rings. The number of ether oxygens (including phenoxy) is 1. The number of halogens is 1. The number of rotatable bonds is 7. The zero-order valence-electron chi connectivity index (χ0n) is 15.9. The summed E-state index contributed by atoms with van der Waals surface area (Å²) < 4.78 is 7.81. The maximum atomic E-state index is 11.9. The number of benzene rings is 3. The van der Waals surface area contributed by atoms with Gasteiger partial charge in [-0.05, 0) is 23.8 Å². The Labute approximate surface area is 178 Å². The molecule has 0 amide bonds. The topological polar surface area (TPSA) is 77.2 Å². The molecule has 0 radical (unpaired) electrons. The Morgan fingerprint density at radius 3 is 2.43 bits per heavy atom. The lowest BCUT2D eigenvalue weighted by Gasteiger charge is -2.18. The minimum absolute atomic E-state index is 0.359. The number of hydrogen-bond acceptors (Lipinski definition) is 4. The molecular weight excluding hydrogens is 402 g/mol. The SMILES string of the molecule is O=C(O)C(Oc1ccc(Cl)cc1-c1nncn1Cc1ccccc1)c1ccccc1. The zero-order valence-corrected chi connectivity index (χ0v) is 16.6. The van der Waals surface area contributed by atoms with Gasteiger partial charge in [0.15, 0.2) is 5.82 Å². The van der Waals surface area contributed by atoms with Crippen LogP contribution in [0.25, 0.3) is 11.4 Å². The number of carboxylic acid groups (broad SMARTS) is 1. The van der Waals surface area contributed by atoms with Crippen LogP contribution < -0.4 is 4.74 Å². The van der Waals surface area contributed by atoms with Crippen LogP contribution in [-0.2, 0) is 11.3 Å². The van der Waals surface area contributed by atoms with Crippen LogP contribution in [0, 0.1) is 0 Å². The van der Waals surface area contributed by atoms with Crippen LogP contribution in [0.2, 0.25) is 5.02 Å². The van der Waals surface area contributed by atoms with Crippen molar-refractivity contribution in [2.75, 3.05) is 0 Å². The Kier molecular flexibility index (Phi) is 5.77. The Bertz CT molecular complexity index is 1150. The monoisotopic (exact) mass is 419 g/mol. The lowest BCUT2D eigenvalue weighted by molar-refractivity contribution is -0.145. The summed E-state index contributed by atoms with van der Waals surface area (Å²) >= 11 is 6.23. The molecule has 0 saturated heterocycles. The fourth-order valence-electron chi connectivity index (χ4n) is 3.15. The maximum absolute atomic E-state index is 11.9. The van der Waals surface area contributed by atoms with Gasteiger partial charge in [-0.15, -0.1) is 10.2 Å². The van der Waals surface area contributed by atoms with Gasteiger partial charge in [-0.3, -0.25) is 0 Å². The van der Waals surface area contributed by atoms with E-state index in [1.807, 2.05) is 41.0 Å². The molecule has 0 aliphatic heterocycles. The second-order valence-corrected chi connectivity index (χ2v) is 7.09. The highest BCUT2D eigenvalue weighted by Gasteiger charge is 2.24. The Hall–Kier alpha value is -3.64. The van der Waals surface area contributed by atoms with Gasteiger partial charge in [-0.1, -0.05) is 72.3 Å². The summed E-state index contributed by atoms with van der Waals surface area (Å²) in [5, 5.41) is 18.5. The molecule has 4 rings (SSSR count). The highest BCUT2D eigenvalue weighted by Crippen LogP contribution is 2.34. The number of carbonyl (C=O) groups is 1. The highest BCUT2D eigenvalue weighted by atomic mass is 35.5. The van der Waals surface area contributed by atoms with Crippen molar-refractivity contribution in [3.8, 4) is 17.1 Å². The minimum Gasteiger partial charge on any atom is -0.478 e. The molecular formula is C23H18ClN3O3. The van der Waals surface area contributed by atoms with Gasteiger partial charge in [0, 0.05) is 10.6 Å². The molecule has 150 valence electrons. The Morgan fingerprint density at radius 1 is 1.03 bits per heavy atom. The van der Waals surface area contributed by atoms with Crippen molar-refractivity contribution in [1.82, 2.24) is 14.8 Å². The van der Waals surface area contributed by atoms with E-state index in [2.05, 4.69) is 10.2 Å². The van der Waals surface area contributed by atoms with E-state index in [9.17, 15) is 9.90 Å². The first-order valence-electron chi connectivity index (χ1n) is 9.28. The number of nitrogens with zero attached hydrogens (tertiary/aromatic N) is 3. The zero-order chi connectivity index (χ0) is 20.9. The Morgan fingerprint density at radius 2 is 1.73 bits per heavy atom. The highest BCUT2D eigenvalue weighted by molar-refractivity contribution is 6.30. The molecule has 0 spiro atoms. The fraction of sp³-hybridized carbons (Fsp3) is 0.0870. The fourth-order valence-corrected chi connectivity index (χ4v) is 3.33. The Balaban J connectivity index is 1.72. The van der Waals surface area contributed by atoms with Gasteiger partial charge in [-0.25, -0.2) is 4.79 Å². The number of aliphatic carboxylic acids is 1. The van der Waals surface area contributed by atoms with Gasteiger partial charge >= 0.3 is 5.97 Å². The van der Waals surface area contributed by atoms with Crippen LogP contribution in [-0.4, -0.2) is 25.8 Å². The van der Waals surface area contributed by atoms with Crippen LogP contribution in [0.15, 0.2) is 85.2 Å². The summed E-state index contributed by atoms with van der Waals surface area (Å²) in [6.45, 7) is 0.552. The first kappa shape index (κ1) is 19.7. The van der Waals surface area contributed by atoms with E-state index in [0.717, 1.165) is 5.56 Å². The molecule has 30 heavy (non-hydrogen) atoms. The van der Waals surface area contributed by atoms with E-state index in [1.54, 1.807) is 48.8 Å². The summed E-state index contributed by atoms with van der Waals surface area (Å²) in [6, 6.07) is 23.7. The normalized spacial score (nSPS) is 11.8. The predicted octanol–water partition coefficient (Wildman–Crippen LogP) is 4.85. The van der Waals surface area contributed by atoms with Crippen molar-refractivity contribution in [3.63, 3.8) is 0 Å². The van der Waals surface area contributed by atoms with Gasteiger partial charge in [-0.2, -0.15) is 0 Å². The molecule has 1 N–H and O–H groups in total. The first-order valence-corrected chi connectivity index (χ1v) is 9.65. The average Bonchev–Trinajstić information content (AvgIpc) is 3.21. The standard InChI is InChI=1S/C23H18ClN3O3/c24-18-11-12-20(30-21(23(28)29)17-9-5-2-6-10-17)19(13-18)22-26-25-15-27(22)14-16-7-3-1-4-8-16/h1-13,15,21H,14H2,(H,28,29). The number of carboxylic acids is 1. The number of aromatic nitrogens is 3. The van der Waals surface area contributed by atoms with Crippen LogP contribution in [0.1, 0.15) is 17.2 Å². The molecule has 1 atom stereocenters. The largest absolute Gasteiger partial charge is 0.478 e. The quantitative estimate of drug-likeness (QED) is 0.463. The molecule has 6 nitrogen and oxygen atoms in total. The van der Waals surface area contributed by atoms with Gasteiger partial charge in [0.1, 0.15) is 12.1 Å². The van der Waals surface area contributed by atoms with Crippen LogP contribution in [0.5, 0.6) is 5.75 Å². The van der Waals surface area contributed by atoms with Crippen molar-refractivity contribution in [3.05, 3.63) is 101 Å². The van der Waals surface area contributed by atoms with Gasteiger partial charge in [0.2, 0.25) is 6.10 Å². The molecule has 0 aliphatic rings. The lowest BCUT2D eigenvalue weighted by Crippen LogP contribution is -2.18. The molecule has 3 aromatic carbocycles. The molecule has 0 aliphatic carbocycles. The van der Waals surface area contributed by atoms with Crippen molar-refractivity contribution in [1.29, 1.82) is 0 Å². The summed E-state index contributed by atoms with van der Waals surface area (Å²) in [4.78, 5) is 11.9. The predicted molar refractivity (Wildman–Crippen MR) is 113 cm³/mol. The molecule has 1 heterocycles. The first-order chi connectivity index (χ1) is 14.6. The summed E-state index contributed by atoms with van der Waals surface area (Å²) in [5.41, 5.74) is 2.19. The molecule has 0 bridgehead atoms. The molecule has 1 aromatic heterocycles. The second kappa shape index (κ2) is 8.80. The van der Waals surface area contributed by atoms with E-state index in [-0.39, 0.29) is 0 Å². The van der Waals surface area contributed by atoms with E-state index in [4.69, 9.17) is 16.3 Å². The number of hydrogen-bond donors (Lipinski definition) is 1. The van der Waals surface area contributed by atoms with Crippen LogP contribution >= 0.6 is 11.6 Å². The molecule has 0 saturated carbocycles. The lowest BCUT2D eigenvalue weighted by atomic mass is 10.1. The van der Waals surface area contributed by atoms with Gasteiger partial charge in [0.25, 0.3) is 0 Å². The van der Waals surface area contributed by atoms with E-state index >= 15 is 0 Å². The maximum Gasteiger partial charge on any atom is 0.349 e. The molecule has 1 unspecified atom stereocenters. The third-order valence-corrected chi connectivity index (χ3v) is 4.80. The van der Waals surface area contributed by atoms with E-state index in [1.165, 1.54) is 0 Å². The van der Waals surface area contributed by atoms with Gasteiger partial charge < -0.3 is 14.4 Å². The van der Waals surface area contributed by atoms with Crippen LogP contribution in [0.4, 0.5) is 0 Å². The van der Waals surface area contributed by atoms with Gasteiger partial charge in [0.05, 0.1) is 12.1 Å². The summed E-state index contributed by atoms with van der Waals surface area (Å²) in [5.74, 6) is -0.195. The smallest absolute Gasteiger partial charge is 0.349 e.